The molecule has 126 valence electrons. The summed E-state index contributed by atoms with van der Waals surface area (Å²) in [7, 11) is 0. The Morgan fingerprint density at radius 3 is 2.75 bits per heavy atom. The highest BCUT2D eigenvalue weighted by molar-refractivity contribution is 6.37. The monoisotopic (exact) mass is 368 g/mol. The first-order valence-corrected chi connectivity index (χ1v) is 7.64. The topological polar surface area (TPSA) is 81.4 Å². The van der Waals surface area contributed by atoms with E-state index in [4.69, 9.17) is 32.4 Å². The van der Waals surface area contributed by atoms with Gasteiger partial charge in [0.05, 0.1) is 10.0 Å². The minimum atomic E-state index is -0.675. The fraction of sp³-hybridized carbons (Fsp3) is 0.188. The van der Waals surface area contributed by atoms with Crippen LogP contribution in [0.2, 0.25) is 10.0 Å². The van der Waals surface area contributed by atoms with E-state index >= 15 is 0 Å². The van der Waals surface area contributed by atoms with E-state index in [1.165, 1.54) is 18.3 Å². The number of hydrogen-bond donors (Lipinski definition) is 1. The summed E-state index contributed by atoms with van der Waals surface area (Å²) in [5.41, 5.74) is 0.595. The standard InChI is InChI=1S/C16H14Cl2N2O4/c1-9-3-4-11(24-9)5-6-14(22)23-8-13(21)20-16-15(18)10(2)12(17)7-19-16/h3-7H,8H2,1-2H3,(H,19,20,21). The molecule has 8 heteroatoms. The fourth-order valence-corrected chi connectivity index (χ4v) is 2.08. The SMILES string of the molecule is Cc1ccc(C=CC(=O)OCC(=O)Nc2ncc(Cl)c(C)c2Cl)o1. The lowest BCUT2D eigenvalue weighted by Crippen LogP contribution is -2.21. The summed E-state index contributed by atoms with van der Waals surface area (Å²) < 4.78 is 10.1. The van der Waals surface area contributed by atoms with Crippen LogP contribution >= 0.6 is 23.2 Å². The van der Waals surface area contributed by atoms with Crippen molar-refractivity contribution in [2.24, 2.45) is 0 Å². The van der Waals surface area contributed by atoms with Gasteiger partial charge in [-0.3, -0.25) is 4.79 Å². The number of furan rings is 1. The molecule has 0 fully saturated rings. The molecule has 0 aromatic carbocycles. The quantitative estimate of drug-likeness (QED) is 0.641. The summed E-state index contributed by atoms with van der Waals surface area (Å²) in [6, 6.07) is 3.48. The van der Waals surface area contributed by atoms with Gasteiger partial charge >= 0.3 is 5.97 Å². The average Bonchev–Trinajstić information content (AvgIpc) is 2.97. The molecule has 2 heterocycles. The van der Waals surface area contributed by atoms with Crippen molar-refractivity contribution in [2.45, 2.75) is 13.8 Å². The Balaban J connectivity index is 1.86. The molecule has 0 unspecified atom stereocenters. The highest BCUT2D eigenvalue weighted by atomic mass is 35.5. The van der Waals surface area contributed by atoms with Crippen LogP contribution in [0.1, 0.15) is 17.1 Å². The molecule has 0 saturated heterocycles. The molecule has 0 aliphatic carbocycles. The summed E-state index contributed by atoms with van der Waals surface area (Å²) in [5.74, 6) is 0.153. The molecular formula is C16H14Cl2N2O4. The third-order valence-electron chi connectivity index (χ3n) is 2.95. The Morgan fingerprint density at radius 2 is 2.08 bits per heavy atom. The molecular weight excluding hydrogens is 355 g/mol. The maximum atomic E-state index is 11.8. The number of rotatable bonds is 5. The first kappa shape index (κ1) is 18.0. The largest absolute Gasteiger partial charge is 0.462 e. The molecule has 0 bridgehead atoms. The highest BCUT2D eigenvalue weighted by Crippen LogP contribution is 2.28. The highest BCUT2D eigenvalue weighted by Gasteiger charge is 2.12. The molecule has 1 N–H and O–H groups in total. The number of nitrogens with one attached hydrogen (secondary N) is 1. The van der Waals surface area contributed by atoms with Crippen molar-refractivity contribution in [3.8, 4) is 0 Å². The first-order chi connectivity index (χ1) is 11.4. The molecule has 2 aromatic heterocycles. The lowest BCUT2D eigenvalue weighted by molar-refractivity contribution is -0.142. The maximum absolute atomic E-state index is 11.8. The van der Waals surface area contributed by atoms with Crippen molar-refractivity contribution in [1.29, 1.82) is 0 Å². The number of carbonyl (C=O) groups is 2. The Morgan fingerprint density at radius 1 is 1.33 bits per heavy atom. The number of aryl methyl sites for hydroxylation is 1. The molecule has 0 aliphatic heterocycles. The smallest absolute Gasteiger partial charge is 0.331 e. The van der Waals surface area contributed by atoms with Gasteiger partial charge < -0.3 is 14.5 Å². The molecule has 1 amide bonds. The number of ether oxygens (including phenoxy) is 1. The van der Waals surface area contributed by atoms with E-state index in [1.807, 2.05) is 0 Å². The van der Waals surface area contributed by atoms with E-state index in [9.17, 15) is 9.59 Å². The molecule has 0 aliphatic rings. The molecule has 2 aromatic rings. The number of pyridine rings is 1. The van der Waals surface area contributed by atoms with E-state index in [0.717, 1.165) is 5.76 Å². The number of amides is 1. The van der Waals surface area contributed by atoms with E-state index in [1.54, 1.807) is 26.0 Å². The second-order valence-corrected chi connectivity index (χ2v) is 5.62. The van der Waals surface area contributed by atoms with Crippen LogP contribution in [0.15, 0.2) is 28.8 Å². The maximum Gasteiger partial charge on any atom is 0.331 e. The molecule has 0 spiro atoms. The second-order valence-electron chi connectivity index (χ2n) is 4.83. The number of anilines is 1. The molecule has 24 heavy (non-hydrogen) atoms. The van der Waals surface area contributed by atoms with Crippen molar-refractivity contribution in [3.63, 3.8) is 0 Å². The Kier molecular flexibility index (Phi) is 6.00. The Labute approximate surface area is 148 Å². The van der Waals surface area contributed by atoms with Crippen LogP contribution in [-0.4, -0.2) is 23.5 Å². The van der Waals surface area contributed by atoms with Crippen LogP contribution in [0, 0.1) is 13.8 Å². The predicted octanol–water partition coefficient (Wildman–Crippen LogP) is 3.79. The predicted molar refractivity (Wildman–Crippen MR) is 91.1 cm³/mol. The van der Waals surface area contributed by atoms with Gasteiger partial charge in [-0.25, -0.2) is 9.78 Å². The van der Waals surface area contributed by atoms with Crippen LogP contribution < -0.4 is 5.32 Å². The average molecular weight is 369 g/mol. The van der Waals surface area contributed by atoms with Crippen LogP contribution in [0.25, 0.3) is 6.08 Å². The van der Waals surface area contributed by atoms with Gasteiger partial charge in [0.1, 0.15) is 11.5 Å². The van der Waals surface area contributed by atoms with E-state index in [2.05, 4.69) is 10.3 Å². The number of halogens is 2. The summed E-state index contributed by atoms with van der Waals surface area (Å²) in [5, 5.41) is 3.07. The van der Waals surface area contributed by atoms with Gasteiger partial charge in [-0.05, 0) is 37.6 Å². The van der Waals surface area contributed by atoms with Crippen LogP contribution in [0.5, 0.6) is 0 Å². The summed E-state index contributed by atoms with van der Waals surface area (Å²) >= 11 is 11.9. The van der Waals surface area contributed by atoms with Gasteiger partial charge in [-0.1, -0.05) is 23.2 Å². The van der Waals surface area contributed by atoms with Gasteiger partial charge in [-0.15, -0.1) is 0 Å². The minimum Gasteiger partial charge on any atom is -0.462 e. The van der Waals surface area contributed by atoms with Crippen molar-refractivity contribution in [2.75, 3.05) is 11.9 Å². The zero-order chi connectivity index (χ0) is 17.7. The van der Waals surface area contributed by atoms with Crippen molar-refractivity contribution < 1.29 is 18.7 Å². The van der Waals surface area contributed by atoms with Crippen LogP contribution in [0.4, 0.5) is 5.82 Å². The normalized spacial score (nSPS) is 10.8. The number of esters is 1. The Bertz CT molecular complexity index is 799. The summed E-state index contributed by atoms with van der Waals surface area (Å²) in [6.45, 7) is 3.01. The Hall–Kier alpha value is -2.31. The fourth-order valence-electron chi connectivity index (χ4n) is 1.69. The molecule has 0 saturated carbocycles. The second kappa shape index (κ2) is 7.99. The molecule has 0 radical (unpaired) electrons. The van der Waals surface area contributed by atoms with Crippen molar-refractivity contribution >= 4 is 47.0 Å². The molecule has 6 nitrogen and oxygen atoms in total. The number of carbonyl (C=O) groups excluding carboxylic acids is 2. The van der Waals surface area contributed by atoms with E-state index in [-0.39, 0.29) is 10.8 Å². The summed E-state index contributed by atoms with van der Waals surface area (Å²) in [4.78, 5) is 27.3. The zero-order valence-electron chi connectivity index (χ0n) is 12.9. The zero-order valence-corrected chi connectivity index (χ0v) is 14.4. The molecule has 0 atom stereocenters. The number of nitrogens with zero attached hydrogens (tertiary/aromatic N) is 1. The van der Waals surface area contributed by atoms with Crippen LogP contribution in [-0.2, 0) is 14.3 Å². The molecule has 2 rings (SSSR count). The third kappa shape index (κ3) is 4.84. The first-order valence-electron chi connectivity index (χ1n) is 6.88. The lowest BCUT2D eigenvalue weighted by Gasteiger charge is -2.08. The third-order valence-corrected chi connectivity index (χ3v) is 3.79. The number of hydrogen-bond acceptors (Lipinski definition) is 5. The van der Waals surface area contributed by atoms with E-state index in [0.29, 0.717) is 16.3 Å². The minimum absolute atomic E-state index is 0.154. The van der Waals surface area contributed by atoms with Crippen LogP contribution in [0.3, 0.4) is 0 Å². The lowest BCUT2D eigenvalue weighted by atomic mass is 10.3. The van der Waals surface area contributed by atoms with Crippen molar-refractivity contribution in [3.05, 3.63) is 51.5 Å². The number of aromatic nitrogens is 1. The van der Waals surface area contributed by atoms with Crippen molar-refractivity contribution in [1.82, 2.24) is 4.98 Å². The van der Waals surface area contributed by atoms with Gasteiger partial charge in [0.2, 0.25) is 0 Å². The summed E-state index contributed by atoms with van der Waals surface area (Å²) in [6.07, 6.45) is 4.00. The van der Waals surface area contributed by atoms with Gasteiger partial charge in [0.25, 0.3) is 5.91 Å². The van der Waals surface area contributed by atoms with E-state index < -0.39 is 18.5 Å². The van der Waals surface area contributed by atoms with Gasteiger partial charge in [0, 0.05) is 12.3 Å². The van der Waals surface area contributed by atoms with Gasteiger partial charge in [0.15, 0.2) is 12.4 Å². The van der Waals surface area contributed by atoms with Gasteiger partial charge in [-0.2, -0.15) is 0 Å².